The molecule has 0 unspecified atom stereocenters. The lowest BCUT2D eigenvalue weighted by Gasteiger charge is -2.16. The number of nitrogens with zero attached hydrogens (tertiary/aromatic N) is 1. The number of anilines is 2. The van der Waals surface area contributed by atoms with Crippen molar-refractivity contribution in [2.24, 2.45) is 0 Å². The molecule has 3 aromatic rings. The van der Waals surface area contributed by atoms with E-state index in [-0.39, 0.29) is 5.91 Å². The first-order valence-corrected chi connectivity index (χ1v) is 11.4. The molecule has 0 saturated heterocycles. The Balaban J connectivity index is 1.72. The smallest absolute Gasteiger partial charge is 0.258 e. The number of amides is 1. The third kappa shape index (κ3) is 5.07. The van der Waals surface area contributed by atoms with Crippen LogP contribution in [-0.4, -0.2) is 45.7 Å². The molecule has 0 radical (unpaired) electrons. The first-order chi connectivity index (χ1) is 16.5. The Labute approximate surface area is 201 Å². The van der Waals surface area contributed by atoms with Gasteiger partial charge in [-0.2, -0.15) is 0 Å². The Hall–Kier alpha value is -3.77. The van der Waals surface area contributed by atoms with E-state index < -0.39 is 0 Å². The van der Waals surface area contributed by atoms with Crippen LogP contribution in [0.5, 0.6) is 11.5 Å². The lowest BCUT2D eigenvalue weighted by atomic mass is 9.99. The number of hydrogen-bond acceptors (Lipinski definition) is 5. The zero-order valence-corrected chi connectivity index (χ0v) is 20.1. The standard InChI is InChI=1S/C28H31N3O3/c1-31(2)16-8-9-19-12-14-21(15-13-19)29-27(20-10-6-5-7-11-20)26-22-17-24(33-3)25(34-4)18-23(22)30-28(26)32/h5-7,10-15,17-18,29H,8-9,16H2,1-4H3,(H,30,32). The summed E-state index contributed by atoms with van der Waals surface area (Å²) in [5.74, 6) is 0.976. The molecular weight excluding hydrogens is 426 g/mol. The molecule has 4 rings (SSSR count). The highest BCUT2D eigenvalue weighted by Crippen LogP contribution is 2.43. The highest BCUT2D eigenvalue weighted by atomic mass is 16.5. The van der Waals surface area contributed by atoms with Crippen LogP contribution in [0.2, 0.25) is 0 Å². The van der Waals surface area contributed by atoms with Gasteiger partial charge >= 0.3 is 0 Å². The van der Waals surface area contributed by atoms with Gasteiger partial charge in [-0.15, -0.1) is 0 Å². The Bertz CT molecular complexity index is 1190. The maximum absolute atomic E-state index is 13.2. The molecule has 1 amide bonds. The monoisotopic (exact) mass is 457 g/mol. The van der Waals surface area contributed by atoms with Gasteiger partial charge in [0.1, 0.15) is 0 Å². The van der Waals surface area contributed by atoms with Crippen LogP contribution in [0.15, 0.2) is 66.7 Å². The van der Waals surface area contributed by atoms with Crippen molar-refractivity contribution >= 4 is 28.6 Å². The third-order valence-electron chi connectivity index (χ3n) is 5.87. The summed E-state index contributed by atoms with van der Waals surface area (Å²) >= 11 is 0. The van der Waals surface area contributed by atoms with E-state index in [9.17, 15) is 4.79 Å². The number of fused-ring (bicyclic) bond motifs is 1. The summed E-state index contributed by atoms with van der Waals surface area (Å²) in [7, 11) is 7.36. The van der Waals surface area contributed by atoms with E-state index in [0.29, 0.717) is 22.8 Å². The van der Waals surface area contributed by atoms with Gasteiger partial charge in [-0.25, -0.2) is 0 Å². The summed E-state index contributed by atoms with van der Waals surface area (Å²) in [5, 5.41) is 6.49. The Kier molecular flexibility index (Phi) is 7.18. The van der Waals surface area contributed by atoms with Crippen molar-refractivity contribution in [3.8, 4) is 11.5 Å². The topological polar surface area (TPSA) is 62.8 Å². The van der Waals surface area contributed by atoms with Crippen molar-refractivity contribution in [3.05, 3.63) is 83.4 Å². The first-order valence-electron chi connectivity index (χ1n) is 11.4. The third-order valence-corrected chi connectivity index (χ3v) is 5.87. The van der Waals surface area contributed by atoms with Gasteiger partial charge in [0.15, 0.2) is 11.5 Å². The van der Waals surface area contributed by atoms with Gasteiger partial charge in [0.25, 0.3) is 5.91 Å². The van der Waals surface area contributed by atoms with E-state index in [0.717, 1.165) is 41.9 Å². The summed E-state index contributed by atoms with van der Waals surface area (Å²) < 4.78 is 10.9. The molecule has 34 heavy (non-hydrogen) atoms. The minimum atomic E-state index is -0.169. The molecule has 1 heterocycles. The van der Waals surface area contributed by atoms with E-state index in [1.165, 1.54) is 5.56 Å². The van der Waals surface area contributed by atoms with Gasteiger partial charge in [0.05, 0.1) is 31.2 Å². The predicted molar refractivity (Wildman–Crippen MR) is 138 cm³/mol. The number of benzene rings is 3. The summed E-state index contributed by atoms with van der Waals surface area (Å²) in [6.45, 7) is 1.06. The molecule has 3 aromatic carbocycles. The maximum atomic E-state index is 13.2. The normalized spacial score (nSPS) is 14.0. The molecule has 0 spiro atoms. The van der Waals surface area contributed by atoms with Crippen molar-refractivity contribution in [3.63, 3.8) is 0 Å². The molecule has 1 aliphatic rings. The Morgan fingerprint density at radius 2 is 1.62 bits per heavy atom. The molecule has 0 saturated carbocycles. The highest BCUT2D eigenvalue weighted by molar-refractivity contribution is 6.37. The van der Waals surface area contributed by atoms with Gasteiger partial charge < -0.3 is 25.0 Å². The molecule has 6 heteroatoms. The van der Waals surface area contributed by atoms with Crippen LogP contribution < -0.4 is 20.1 Å². The predicted octanol–water partition coefficient (Wildman–Crippen LogP) is 5.13. The number of carbonyl (C=O) groups is 1. The second kappa shape index (κ2) is 10.4. The molecular formula is C28H31N3O3. The van der Waals surface area contributed by atoms with Gasteiger partial charge in [-0.3, -0.25) is 4.79 Å². The fraction of sp³-hybridized carbons (Fsp3) is 0.250. The zero-order valence-electron chi connectivity index (χ0n) is 20.1. The number of aryl methyl sites for hydroxylation is 1. The van der Waals surface area contributed by atoms with Gasteiger partial charge in [-0.1, -0.05) is 42.5 Å². The van der Waals surface area contributed by atoms with E-state index in [4.69, 9.17) is 9.47 Å². The molecule has 0 aliphatic carbocycles. The zero-order chi connectivity index (χ0) is 24.1. The molecule has 176 valence electrons. The largest absolute Gasteiger partial charge is 0.493 e. The lowest BCUT2D eigenvalue weighted by molar-refractivity contribution is -0.110. The summed E-state index contributed by atoms with van der Waals surface area (Å²) in [5.41, 5.74) is 5.91. The van der Waals surface area contributed by atoms with Gasteiger partial charge in [-0.05, 0) is 62.8 Å². The molecule has 0 fully saturated rings. The van der Waals surface area contributed by atoms with Crippen molar-refractivity contribution < 1.29 is 14.3 Å². The second-order valence-electron chi connectivity index (χ2n) is 8.55. The quantitative estimate of drug-likeness (QED) is 0.436. The van der Waals surface area contributed by atoms with Crippen LogP contribution in [0.4, 0.5) is 11.4 Å². The maximum Gasteiger partial charge on any atom is 0.258 e. The molecule has 0 atom stereocenters. The molecule has 0 bridgehead atoms. The Morgan fingerprint density at radius 1 is 0.941 bits per heavy atom. The van der Waals surface area contributed by atoms with Gasteiger partial charge in [0, 0.05) is 17.3 Å². The molecule has 6 nitrogen and oxygen atoms in total. The minimum absolute atomic E-state index is 0.169. The lowest BCUT2D eigenvalue weighted by Crippen LogP contribution is -2.13. The molecule has 0 aromatic heterocycles. The fourth-order valence-corrected chi connectivity index (χ4v) is 4.13. The van der Waals surface area contributed by atoms with Crippen LogP contribution in [0.25, 0.3) is 11.3 Å². The second-order valence-corrected chi connectivity index (χ2v) is 8.55. The van der Waals surface area contributed by atoms with Crippen LogP contribution in [0.1, 0.15) is 23.1 Å². The number of rotatable bonds is 9. The van der Waals surface area contributed by atoms with E-state index in [1.807, 2.05) is 36.4 Å². The number of ether oxygens (including phenoxy) is 2. The molecule has 1 aliphatic heterocycles. The molecule has 2 N–H and O–H groups in total. The van der Waals surface area contributed by atoms with E-state index >= 15 is 0 Å². The fourth-order valence-electron chi connectivity index (χ4n) is 4.13. The van der Waals surface area contributed by atoms with Crippen molar-refractivity contribution in [2.45, 2.75) is 12.8 Å². The first kappa shape index (κ1) is 23.4. The number of hydrogen-bond donors (Lipinski definition) is 2. The van der Waals surface area contributed by atoms with Crippen LogP contribution in [0.3, 0.4) is 0 Å². The van der Waals surface area contributed by atoms with Crippen molar-refractivity contribution in [1.29, 1.82) is 0 Å². The number of nitrogens with one attached hydrogen (secondary N) is 2. The van der Waals surface area contributed by atoms with Gasteiger partial charge in [0.2, 0.25) is 0 Å². The van der Waals surface area contributed by atoms with Crippen LogP contribution in [0, 0.1) is 0 Å². The minimum Gasteiger partial charge on any atom is -0.493 e. The summed E-state index contributed by atoms with van der Waals surface area (Å²) in [4.78, 5) is 15.4. The average molecular weight is 458 g/mol. The number of carbonyl (C=O) groups excluding carboxylic acids is 1. The van der Waals surface area contributed by atoms with E-state index in [2.05, 4.69) is 53.9 Å². The van der Waals surface area contributed by atoms with Crippen LogP contribution in [-0.2, 0) is 11.2 Å². The summed E-state index contributed by atoms with van der Waals surface area (Å²) in [6, 6.07) is 21.9. The van der Waals surface area contributed by atoms with E-state index in [1.54, 1.807) is 20.3 Å². The average Bonchev–Trinajstić information content (AvgIpc) is 3.17. The highest BCUT2D eigenvalue weighted by Gasteiger charge is 2.30. The van der Waals surface area contributed by atoms with Crippen molar-refractivity contribution in [1.82, 2.24) is 4.90 Å². The summed E-state index contributed by atoms with van der Waals surface area (Å²) in [6.07, 6.45) is 2.14. The number of methoxy groups -OCH3 is 2. The SMILES string of the molecule is COc1cc2c(cc1OC)C(=C(Nc1ccc(CCCN(C)C)cc1)c1ccccc1)C(=O)N2. The van der Waals surface area contributed by atoms with Crippen LogP contribution >= 0.6 is 0 Å². The Morgan fingerprint density at radius 3 is 2.26 bits per heavy atom. The van der Waals surface area contributed by atoms with Crippen molar-refractivity contribution in [2.75, 3.05) is 45.5 Å².